The molecule has 2 aliphatic heterocycles. The Hall–Kier alpha value is -1.65. The number of thioether (sulfide) groups is 1. The van der Waals surface area contributed by atoms with E-state index >= 15 is 0 Å². The summed E-state index contributed by atoms with van der Waals surface area (Å²) in [6, 6.07) is -1.11. The quantitative estimate of drug-likeness (QED) is 0.449. The molecule has 10 heteroatoms. The van der Waals surface area contributed by atoms with Gasteiger partial charge in [0, 0.05) is 25.9 Å². The molecule has 2 aliphatic rings. The van der Waals surface area contributed by atoms with E-state index in [1.807, 2.05) is 0 Å². The van der Waals surface area contributed by atoms with Crippen LogP contribution in [0.3, 0.4) is 0 Å². The number of rotatable bonds is 7. The molecule has 1 fully saturated rings. The third-order valence-corrected chi connectivity index (χ3v) is 6.82. The van der Waals surface area contributed by atoms with Crippen molar-refractivity contribution in [2.24, 2.45) is 16.8 Å². The molecule has 0 radical (unpaired) electrons. The predicted molar refractivity (Wildman–Crippen MR) is 101 cm³/mol. The lowest BCUT2D eigenvalue weighted by Gasteiger charge is -2.27. The van der Waals surface area contributed by atoms with Gasteiger partial charge in [-0.25, -0.2) is 4.79 Å². The summed E-state index contributed by atoms with van der Waals surface area (Å²) in [4.78, 5) is 41.0. The van der Waals surface area contributed by atoms with E-state index in [1.54, 1.807) is 21.0 Å². The molecule has 0 aromatic heterocycles. The minimum Gasteiger partial charge on any atom is -0.481 e. The topological polar surface area (TPSA) is 140 Å². The first-order chi connectivity index (χ1) is 12.5. The van der Waals surface area contributed by atoms with Crippen LogP contribution in [0.15, 0.2) is 4.99 Å². The number of aliphatic hydroxyl groups excluding tert-OH is 1. The Kier molecular flexibility index (Phi) is 6.87. The average Bonchev–Trinajstić information content (AvgIpc) is 3.13. The van der Waals surface area contributed by atoms with E-state index in [4.69, 9.17) is 0 Å². The van der Waals surface area contributed by atoms with Crippen LogP contribution < -0.4 is 5.32 Å². The number of hydrogen-bond donors (Lipinski definition) is 4. The lowest BCUT2D eigenvalue weighted by Crippen LogP contribution is -2.40. The summed E-state index contributed by atoms with van der Waals surface area (Å²) in [5.41, 5.74) is -0.0632. The smallest absolute Gasteiger partial charge is 0.350 e. The van der Waals surface area contributed by atoms with E-state index in [0.717, 1.165) is 0 Å². The van der Waals surface area contributed by atoms with Crippen molar-refractivity contribution in [3.63, 3.8) is 0 Å². The number of carbonyl (C=O) groups excluding carboxylic acids is 1. The number of carboxylic acid groups (broad SMARTS) is 2. The Bertz CT molecular complexity index is 638. The number of hydrogen-bond acceptors (Lipinski definition) is 7. The molecule has 1 saturated heterocycles. The van der Waals surface area contributed by atoms with Gasteiger partial charge in [-0.3, -0.25) is 14.6 Å². The zero-order valence-corrected chi connectivity index (χ0v) is 16.6. The number of aliphatic hydroxyl groups is 1. The number of aliphatic imine (C=N–C) groups is 1. The van der Waals surface area contributed by atoms with Crippen LogP contribution in [-0.4, -0.2) is 93.1 Å². The van der Waals surface area contributed by atoms with Crippen LogP contribution in [0.5, 0.6) is 0 Å². The van der Waals surface area contributed by atoms with Gasteiger partial charge < -0.3 is 25.5 Å². The third kappa shape index (κ3) is 4.61. The second-order valence-corrected chi connectivity index (χ2v) is 8.83. The molecule has 2 rings (SSSR count). The molecule has 0 bridgehead atoms. The standard InChI is InChI=1S/C17H27N3O6S/c1-7-12(11(8(2)21)16(23)24)19-13(17(25)26)14(7)27-9-5-10(18-6-9)15(22)20(3)4/h7-12,14,18,21H,5-6H2,1-4H3,(H,23,24)(H,25,26)/t7-,8-,9+,10-,11-,12-,14-/m1/s1. The summed E-state index contributed by atoms with van der Waals surface area (Å²) in [6.45, 7) is 3.71. The van der Waals surface area contributed by atoms with Crippen molar-refractivity contribution < 1.29 is 29.7 Å². The van der Waals surface area contributed by atoms with Crippen LogP contribution in [0.4, 0.5) is 0 Å². The molecule has 152 valence electrons. The lowest BCUT2D eigenvalue weighted by atomic mass is 9.86. The molecule has 27 heavy (non-hydrogen) atoms. The van der Waals surface area contributed by atoms with Gasteiger partial charge in [0.25, 0.3) is 0 Å². The number of amides is 1. The molecular weight excluding hydrogens is 374 g/mol. The van der Waals surface area contributed by atoms with Crippen molar-refractivity contribution in [3.05, 3.63) is 0 Å². The fraction of sp³-hybridized carbons (Fsp3) is 0.765. The Morgan fingerprint density at radius 1 is 1.30 bits per heavy atom. The van der Waals surface area contributed by atoms with Crippen LogP contribution in [0, 0.1) is 11.8 Å². The average molecular weight is 401 g/mol. The Balaban J connectivity index is 2.15. The zero-order valence-electron chi connectivity index (χ0n) is 15.8. The SMILES string of the molecule is C[C@@H]1[C@H]([C@H](C(=O)O)[C@@H](C)O)N=C(C(=O)O)[C@@H]1S[C@@H]1CN[C@@H](C(=O)N(C)C)C1. The lowest BCUT2D eigenvalue weighted by molar-refractivity contribution is -0.146. The third-order valence-electron chi connectivity index (χ3n) is 5.13. The number of nitrogens with one attached hydrogen (secondary N) is 1. The first-order valence-corrected chi connectivity index (χ1v) is 9.80. The van der Waals surface area contributed by atoms with Crippen molar-refractivity contribution >= 4 is 35.3 Å². The van der Waals surface area contributed by atoms with Gasteiger partial charge in [-0.15, -0.1) is 11.8 Å². The molecular formula is C17H27N3O6S. The van der Waals surface area contributed by atoms with Crippen LogP contribution in [0.1, 0.15) is 20.3 Å². The molecule has 0 saturated carbocycles. The zero-order chi connectivity index (χ0) is 20.5. The maximum absolute atomic E-state index is 12.1. The van der Waals surface area contributed by atoms with E-state index < -0.39 is 35.3 Å². The second-order valence-electron chi connectivity index (χ2n) is 7.38. The summed E-state index contributed by atoms with van der Waals surface area (Å²) in [7, 11) is 3.37. The molecule has 0 aromatic rings. The molecule has 0 aliphatic carbocycles. The van der Waals surface area contributed by atoms with Crippen molar-refractivity contribution in [2.75, 3.05) is 20.6 Å². The molecule has 9 nitrogen and oxygen atoms in total. The summed E-state index contributed by atoms with van der Waals surface area (Å²) < 4.78 is 0. The summed E-state index contributed by atoms with van der Waals surface area (Å²) in [6.07, 6.45) is -0.575. The number of aliphatic carboxylic acids is 2. The molecule has 1 amide bonds. The highest BCUT2D eigenvalue weighted by Gasteiger charge is 2.48. The van der Waals surface area contributed by atoms with Crippen LogP contribution in [0.25, 0.3) is 0 Å². The highest BCUT2D eigenvalue weighted by atomic mass is 32.2. The number of carbonyl (C=O) groups is 3. The normalized spacial score (nSPS) is 32.6. The van der Waals surface area contributed by atoms with E-state index in [-0.39, 0.29) is 28.8 Å². The largest absolute Gasteiger partial charge is 0.481 e. The van der Waals surface area contributed by atoms with Crippen LogP contribution in [0.2, 0.25) is 0 Å². The molecule has 2 heterocycles. The highest BCUT2D eigenvalue weighted by Crippen LogP contribution is 2.39. The Morgan fingerprint density at radius 3 is 2.41 bits per heavy atom. The number of carboxylic acids is 2. The van der Waals surface area contributed by atoms with E-state index in [0.29, 0.717) is 13.0 Å². The van der Waals surface area contributed by atoms with Gasteiger partial charge in [-0.05, 0) is 19.3 Å². The van der Waals surface area contributed by atoms with Gasteiger partial charge in [0.05, 0.1) is 23.4 Å². The molecule has 7 atom stereocenters. The van der Waals surface area contributed by atoms with E-state index in [1.165, 1.54) is 23.6 Å². The van der Waals surface area contributed by atoms with Crippen molar-refractivity contribution in [1.82, 2.24) is 10.2 Å². The highest BCUT2D eigenvalue weighted by molar-refractivity contribution is 8.01. The first-order valence-electron chi connectivity index (χ1n) is 8.86. The van der Waals surface area contributed by atoms with Gasteiger partial charge in [0.2, 0.25) is 5.91 Å². The van der Waals surface area contributed by atoms with E-state index in [9.17, 15) is 29.7 Å². The van der Waals surface area contributed by atoms with Gasteiger partial charge in [0.15, 0.2) is 0 Å². The number of nitrogens with zero attached hydrogens (tertiary/aromatic N) is 2. The second kappa shape index (κ2) is 8.57. The van der Waals surface area contributed by atoms with Crippen LogP contribution >= 0.6 is 11.8 Å². The first kappa shape index (κ1) is 21.6. The fourth-order valence-corrected chi connectivity index (χ4v) is 5.31. The van der Waals surface area contributed by atoms with Gasteiger partial charge in [0.1, 0.15) is 11.6 Å². The summed E-state index contributed by atoms with van der Waals surface area (Å²) >= 11 is 1.42. The van der Waals surface area contributed by atoms with Crippen molar-refractivity contribution in [3.8, 4) is 0 Å². The monoisotopic (exact) mass is 401 g/mol. The minimum atomic E-state index is -1.19. The van der Waals surface area contributed by atoms with Gasteiger partial charge in [-0.2, -0.15) is 0 Å². The maximum atomic E-state index is 12.1. The molecule has 0 aromatic carbocycles. The summed E-state index contributed by atoms with van der Waals surface area (Å²) in [5, 5.41) is 31.5. The minimum absolute atomic E-state index is 0.0180. The van der Waals surface area contributed by atoms with Crippen LogP contribution in [-0.2, 0) is 14.4 Å². The van der Waals surface area contributed by atoms with Gasteiger partial charge >= 0.3 is 11.9 Å². The Labute approximate surface area is 162 Å². The molecule has 0 unspecified atom stereocenters. The van der Waals surface area contributed by atoms with Crippen molar-refractivity contribution in [1.29, 1.82) is 0 Å². The fourth-order valence-electron chi connectivity index (χ4n) is 3.70. The molecule has 4 N–H and O–H groups in total. The number of likely N-dealkylation sites (N-methyl/N-ethyl adjacent to an activating group) is 1. The maximum Gasteiger partial charge on any atom is 0.350 e. The van der Waals surface area contributed by atoms with Gasteiger partial charge in [-0.1, -0.05) is 6.92 Å². The Morgan fingerprint density at radius 2 is 1.93 bits per heavy atom. The summed E-state index contributed by atoms with van der Waals surface area (Å²) in [5.74, 6) is -3.92. The predicted octanol–water partition coefficient (Wildman–Crippen LogP) is -0.468. The molecule has 0 spiro atoms. The van der Waals surface area contributed by atoms with Crippen molar-refractivity contribution in [2.45, 2.75) is 49.0 Å². The van der Waals surface area contributed by atoms with E-state index in [2.05, 4.69) is 10.3 Å².